The zero-order chi connectivity index (χ0) is 18.4. The second kappa shape index (κ2) is 8.46. The van der Waals surface area contributed by atoms with Crippen molar-refractivity contribution in [3.63, 3.8) is 0 Å². The maximum Gasteiger partial charge on any atom is 0.232 e. The Kier molecular flexibility index (Phi) is 5.83. The van der Waals surface area contributed by atoms with Crippen LogP contribution in [0.1, 0.15) is 12.5 Å². The van der Waals surface area contributed by atoms with E-state index in [1.807, 2.05) is 25.1 Å². The molecule has 1 heterocycles. The van der Waals surface area contributed by atoms with Gasteiger partial charge in [0.05, 0.1) is 12.5 Å². The maximum absolute atomic E-state index is 12.6. The van der Waals surface area contributed by atoms with Gasteiger partial charge in [0.15, 0.2) is 0 Å². The summed E-state index contributed by atoms with van der Waals surface area (Å²) in [5.74, 6) is 0.409. The lowest BCUT2D eigenvalue weighted by Gasteiger charge is -2.15. The average Bonchev–Trinajstić information content (AvgIpc) is 3.12. The number of ether oxygens (including phenoxy) is 1. The van der Waals surface area contributed by atoms with E-state index in [-0.39, 0.29) is 17.6 Å². The Morgan fingerprint density at radius 3 is 2.81 bits per heavy atom. The number of para-hydroxylation sites is 1. The van der Waals surface area contributed by atoms with Gasteiger partial charge in [0.1, 0.15) is 17.7 Å². The molecule has 2 unspecified atom stereocenters. The Morgan fingerprint density at radius 1 is 1.31 bits per heavy atom. The summed E-state index contributed by atoms with van der Waals surface area (Å²) in [6, 6.07) is 14.2. The Bertz CT molecular complexity index is 777. The molecule has 0 bridgehead atoms. The van der Waals surface area contributed by atoms with Crippen LogP contribution in [-0.4, -0.2) is 36.5 Å². The first kappa shape index (κ1) is 17.9. The summed E-state index contributed by atoms with van der Waals surface area (Å²) >= 11 is 0. The molecule has 0 aliphatic carbocycles. The average molecular weight is 354 g/mol. The molecule has 1 aliphatic heterocycles. The molecule has 7 nitrogen and oxygen atoms in total. The van der Waals surface area contributed by atoms with E-state index in [9.17, 15) is 9.90 Å². The smallest absolute Gasteiger partial charge is 0.232 e. The Labute approximate surface area is 152 Å². The van der Waals surface area contributed by atoms with Crippen LogP contribution in [-0.2, 0) is 4.79 Å². The van der Waals surface area contributed by atoms with Gasteiger partial charge in [0, 0.05) is 24.0 Å². The molecule has 4 N–H and O–H groups in total. The van der Waals surface area contributed by atoms with Crippen molar-refractivity contribution in [3.05, 3.63) is 54.1 Å². The molecule has 0 spiro atoms. The topological polar surface area (TPSA) is 95.0 Å². The van der Waals surface area contributed by atoms with Crippen LogP contribution in [0.15, 0.2) is 53.5 Å². The van der Waals surface area contributed by atoms with Gasteiger partial charge in [-0.2, -0.15) is 0 Å². The lowest BCUT2D eigenvalue weighted by atomic mass is 10.1. The van der Waals surface area contributed by atoms with Crippen molar-refractivity contribution in [2.75, 3.05) is 18.5 Å². The van der Waals surface area contributed by atoms with Crippen LogP contribution in [0.2, 0.25) is 0 Å². The second-order valence-corrected chi connectivity index (χ2v) is 5.86. The number of benzene rings is 2. The van der Waals surface area contributed by atoms with Crippen LogP contribution in [0.3, 0.4) is 0 Å². The minimum atomic E-state index is -0.419. The van der Waals surface area contributed by atoms with Gasteiger partial charge >= 0.3 is 0 Å². The van der Waals surface area contributed by atoms with Gasteiger partial charge in [-0.05, 0) is 43.3 Å². The summed E-state index contributed by atoms with van der Waals surface area (Å²) in [5, 5.41) is 12.7. The highest BCUT2D eigenvalue weighted by Crippen LogP contribution is 2.19. The predicted octanol–water partition coefficient (Wildman–Crippen LogP) is 1.90. The molecule has 0 saturated carbocycles. The first-order chi connectivity index (χ1) is 12.7. The van der Waals surface area contributed by atoms with Crippen LogP contribution >= 0.6 is 0 Å². The van der Waals surface area contributed by atoms with E-state index in [1.54, 1.807) is 36.5 Å². The number of hydrogen-bond acceptors (Lipinski definition) is 6. The van der Waals surface area contributed by atoms with E-state index in [0.29, 0.717) is 24.4 Å². The Hall–Kier alpha value is -2.90. The maximum atomic E-state index is 12.6. The first-order valence-corrected chi connectivity index (χ1v) is 8.50. The molecule has 1 aliphatic rings. The van der Waals surface area contributed by atoms with E-state index < -0.39 is 6.17 Å². The molecule has 1 fully saturated rings. The summed E-state index contributed by atoms with van der Waals surface area (Å²) in [6.07, 6.45) is 1.15. The molecule has 7 heteroatoms. The second-order valence-electron chi connectivity index (χ2n) is 5.86. The summed E-state index contributed by atoms with van der Waals surface area (Å²) < 4.78 is 5.39. The molecule has 3 rings (SSSR count). The SMILES string of the molecule is CCOc1ccc(NC(=O)C2CNNC2/N=C/c2ccccc2O)cc1. The van der Waals surface area contributed by atoms with E-state index in [0.717, 1.165) is 5.75 Å². The molecular weight excluding hydrogens is 332 g/mol. The van der Waals surface area contributed by atoms with Crippen molar-refractivity contribution in [1.82, 2.24) is 10.9 Å². The molecule has 2 aromatic rings. The minimum Gasteiger partial charge on any atom is -0.507 e. The third-order valence-corrected chi connectivity index (χ3v) is 4.03. The van der Waals surface area contributed by atoms with Gasteiger partial charge in [0.2, 0.25) is 5.91 Å². The number of rotatable bonds is 6. The lowest BCUT2D eigenvalue weighted by molar-refractivity contribution is -0.119. The first-order valence-electron chi connectivity index (χ1n) is 8.50. The number of aromatic hydroxyl groups is 1. The zero-order valence-electron chi connectivity index (χ0n) is 14.5. The van der Waals surface area contributed by atoms with E-state index in [4.69, 9.17) is 4.74 Å². The number of aliphatic imine (C=N–C) groups is 1. The van der Waals surface area contributed by atoms with E-state index in [2.05, 4.69) is 21.2 Å². The van der Waals surface area contributed by atoms with Gasteiger partial charge in [-0.3, -0.25) is 15.2 Å². The molecule has 1 saturated heterocycles. The summed E-state index contributed by atoms with van der Waals surface area (Å²) in [7, 11) is 0. The summed E-state index contributed by atoms with van der Waals surface area (Å²) in [4.78, 5) is 17.0. The number of nitrogens with zero attached hydrogens (tertiary/aromatic N) is 1. The molecule has 0 radical (unpaired) electrons. The van der Waals surface area contributed by atoms with Crippen molar-refractivity contribution in [2.45, 2.75) is 13.1 Å². The lowest BCUT2D eigenvalue weighted by Crippen LogP contribution is -2.34. The van der Waals surface area contributed by atoms with Crippen LogP contribution in [0, 0.1) is 5.92 Å². The number of nitrogens with one attached hydrogen (secondary N) is 3. The standard InChI is InChI=1S/C19H22N4O3/c1-2-26-15-9-7-14(8-10-15)22-19(25)16-12-21-23-18(16)20-11-13-5-3-4-6-17(13)24/h3-11,16,18,21,23-24H,2,12H2,1H3,(H,22,25)/b20-11+. The van der Waals surface area contributed by atoms with Gasteiger partial charge in [-0.1, -0.05) is 12.1 Å². The summed E-state index contributed by atoms with van der Waals surface area (Å²) in [5.41, 5.74) is 7.24. The number of anilines is 1. The third kappa shape index (κ3) is 4.38. The molecular formula is C19H22N4O3. The Balaban J connectivity index is 1.63. The van der Waals surface area contributed by atoms with Gasteiger partial charge < -0.3 is 15.2 Å². The monoisotopic (exact) mass is 354 g/mol. The molecule has 0 aromatic heterocycles. The number of carbonyl (C=O) groups is 1. The quantitative estimate of drug-likeness (QED) is 0.595. The van der Waals surface area contributed by atoms with Gasteiger partial charge in [0.25, 0.3) is 0 Å². The minimum absolute atomic E-state index is 0.133. The Morgan fingerprint density at radius 2 is 2.08 bits per heavy atom. The van der Waals surface area contributed by atoms with Gasteiger partial charge in [-0.25, -0.2) is 5.43 Å². The van der Waals surface area contributed by atoms with Crippen LogP contribution in [0.25, 0.3) is 0 Å². The van der Waals surface area contributed by atoms with Crippen molar-refractivity contribution in [1.29, 1.82) is 0 Å². The van der Waals surface area contributed by atoms with Crippen molar-refractivity contribution in [3.8, 4) is 11.5 Å². The van der Waals surface area contributed by atoms with Crippen LogP contribution in [0.4, 0.5) is 5.69 Å². The normalized spacial score (nSPS) is 19.6. The van der Waals surface area contributed by atoms with Crippen LogP contribution in [0.5, 0.6) is 11.5 Å². The van der Waals surface area contributed by atoms with E-state index >= 15 is 0 Å². The van der Waals surface area contributed by atoms with Crippen molar-refractivity contribution in [2.24, 2.45) is 10.9 Å². The third-order valence-electron chi connectivity index (χ3n) is 4.03. The van der Waals surface area contributed by atoms with Crippen molar-refractivity contribution >= 4 is 17.8 Å². The molecule has 1 amide bonds. The number of carbonyl (C=O) groups excluding carboxylic acids is 1. The molecule has 2 atom stereocenters. The highest BCUT2D eigenvalue weighted by molar-refractivity contribution is 5.93. The fraction of sp³-hybridized carbons (Fsp3) is 0.263. The number of hydrogen-bond donors (Lipinski definition) is 4. The fourth-order valence-electron chi connectivity index (χ4n) is 2.66. The molecule has 136 valence electrons. The molecule has 2 aromatic carbocycles. The van der Waals surface area contributed by atoms with E-state index in [1.165, 1.54) is 0 Å². The number of amides is 1. The van der Waals surface area contributed by atoms with Crippen LogP contribution < -0.4 is 20.9 Å². The summed E-state index contributed by atoms with van der Waals surface area (Å²) in [6.45, 7) is 2.99. The fourth-order valence-corrected chi connectivity index (χ4v) is 2.66. The predicted molar refractivity (Wildman–Crippen MR) is 100 cm³/mol. The van der Waals surface area contributed by atoms with Crippen molar-refractivity contribution < 1.29 is 14.6 Å². The van der Waals surface area contributed by atoms with Gasteiger partial charge in [-0.15, -0.1) is 0 Å². The number of hydrazine groups is 1. The number of phenols is 1. The largest absolute Gasteiger partial charge is 0.507 e. The zero-order valence-corrected chi connectivity index (χ0v) is 14.5. The highest BCUT2D eigenvalue weighted by Gasteiger charge is 2.32. The number of phenolic OH excluding ortho intramolecular Hbond substituents is 1. The highest BCUT2D eigenvalue weighted by atomic mass is 16.5. The molecule has 26 heavy (non-hydrogen) atoms.